The van der Waals surface area contributed by atoms with Crippen molar-refractivity contribution in [2.24, 2.45) is 0 Å². The van der Waals surface area contributed by atoms with Crippen LogP contribution in [0.3, 0.4) is 0 Å². The van der Waals surface area contributed by atoms with E-state index in [9.17, 15) is 9.59 Å². The van der Waals surface area contributed by atoms with Gasteiger partial charge >= 0.3 is 5.97 Å². The Labute approximate surface area is 150 Å². The lowest BCUT2D eigenvalue weighted by atomic mass is 10.1. The number of hydrogen-bond donors (Lipinski definition) is 2. The van der Waals surface area contributed by atoms with Gasteiger partial charge in [0.05, 0.1) is 15.1 Å². The Morgan fingerprint density at radius 2 is 1.67 bits per heavy atom. The number of carbonyl (C=O) groups is 2. The highest BCUT2D eigenvalue weighted by Crippen LogP contribution is 2.33. The molecular weight excluding hydrogens is 377 g/mol. The number of aromatic carboxylic acids is 1. The normalized spacial score (nSPS) is 10.8. The first kappa shape index (κ1) is 16.6. The first-order valence-electron chi connectivity index (χ1n) is 6.58. The van der Waals surface area contributed by atoms with Gasteiger partial charge in [0.25, 0.3) is 5.91 Å². The third-order valence-corrected chi connectivity index (χ3v) is 4.43. The molecule has 8 heteroatoms. The van der Waals surface area contributed by atoms with Crippen LogP contribution >= 0.6 is 34.8 Å². The monoisotopic (exact) mass is 383 g/mol. The minimum atomic E-state index is -1.18. The summed E-state index contributed by atoms with van der Waals surface area (Å²) in [5, 5.41) is 12.7. The molecule has 1 aromatic heterocycles. The second kappa shape index (κ2) is 6.36. The molecule has 3 rings (SSSR count). The number of hydrogen-bond acceptors (Lipinski definition) is 3. The van der Waals surface area contributed by atoms with Gasteiger partial charge in [0.1, 0.15) is 5.58 Å². The Balaban J connectivity index is 1.89. The Bertz CT molecular complexity index is 958. The molecule has 0 atom stereocenters. The van der Waals surface area contributed by atoms with E-state index in [2.05, 4.69) is 5.32 Å². The number of benzene rings is 2. The predicted molar refractivity (Wildman–Crippen MR) is 92.6 cm³/mol. The van der Waals surface area contributed by atoms with Gasteiger partial charge in [-0.15, -0.1) is 0 Å². The quantitative estimate of drug-likeness (QED) is 0.597. The second-order valence-corrected chi connectivity index (χ2v) is 6.07. The number of carboxylic acids is 1. The van der Waals surface area contributed by atoms with E-state index in [1.165, 1.54) is 36.4 Å². The van der Waals surface area contributed by atoms with Crippen molar-refractivity contribution in [3.05, 3.63) is 62.8 Å². The van der Waals surface area contributed by atoms with Crippen LogP contribution in [0.1, 0.15) is 20.9 Å². The Morgan fingerprint density at radius 3 is 2.29 bits per heavy atom. The molecule has 0 saturated carbocycles. The lowest BCUT2D eigenvalue weighted by Crippen LogP contribution is -2.11. The average molecular weight is 385 g/mol. The zero-order valence-electron chi connectivity index (χ0n) is 11.8. The molecule has 0 bridgehead atoms. The van der Waals surface area contributed by atoms with E-state index in [-0.39, 0.29) is 20.8 Å². The zero-order valence-corrected chi connectivity index (χ0v) is 14.0. The molecule has 0 radical (unpaired) electrons. The largest absolute Gasteiger partial charge is 0.475 e. The van der Waals surface area contributed by atoms with Crippen molar-refractivity contribution in [3.63, 3.8) is 0 Å². The number of amides is 1. The number of fused-ring (bicyclic) bond motifs is 1. The number of carboxylic acid groups (broad SMARTS) is 1. The number of halogens is 3. The molecule has 0 aliphatic carbocycles. The first-order chi connectivity index (χ1) is 11.3. The van der Waals surface area contributed by atoms with Gasteiger partial charge < -0.3 is 14.8 Å². The van der Waals surface area contributed by atoms with E-state index in [1.807, 2.05) is 0 Å². The molecule has 0 unspecified atom stereocenters. The molecule has 0 saturated heterocycles. The second-order valence-electron chi connectivity index (χ2n) is 4.88. The fourth-order valence-electron chi connectivity index (χ4n) is 2.12. The molecule has 0 aliphatic heterocycles. The third-order valence-electron chi connectivity index (χ3n) is 3.23. The molecule has 0 spiro atoms. The van der Waals surface area contributed by atoms with E-state index in [1.54, 1.807) is 0 Å². The minimum absolute atomic E-state index is 0.196. The van der Waals surface area contributed by atoms with E-state index in [0.717, 1.165) is 0 Å². The van der Waals surface area contributed by atoms with Gasteiger partial charge in [-0.1, -0.05) is 34.8 Å². The molecule has 2 N–H and O–H groups in total. The lowest BCUT2D eigenvalue weighted by Gasteiger charge is -2.08. The summed E-state index contributed by atoms with van der Waals surface area (Å²) >= 11 is 17.7. The molecular formula is C16H8Cl3NO4. The minimum Gasteiger partial charge on any atom is -0.475 e. The van der Waals surface area contributed by atoms with Crippen molar-refractivity contribution < 1.29 is 19.1 Å². The average Bonchev–Trinajstić information content (AvgIpc) is 2.95. The summed E-state index contributed by atoms with van der Waals surface area (Å²) in [5.41, 5.74) is 1.09. The van der Waals surface area contributed by atoms with Gasteiger partial charge in [0, 0.05) is 16.6 Å². The van der Waals surface area contributed by atoms with Crippen LogP contribution in [0.5, 0.6) is 0 Å². The van der Waals surface area contributed by atoms with Gasteiger partial charge in [-0.2, -0.15) is 0 Å². The zero-order chi connectivity index (χ0) is 17.4. The van der Waals surface area contributed by atoms with Crippen LogP contribution in [0.4, 0.5) is 5.69 Å². The molecule has 122 valence electrons. The van der Waals surface area contributed by atoms with Crippen molar-refractivity contribution in [2.75, 3.05) is 5.32 Å². The fourth-order valence-corrected chi connectivity index (χ4v) is 2.72. The standard InChI is InChI=1S/C16H8Cl3NO4/c17-10-5-9(6-11(18)14(10)19)20-15(21)7-1-2-12-8(3-7)4-13(24-12)16(22)23/h1-6H,(H,20,21)(H,22,23). The van der Waals surface area contributed by atoms with Crippen molar-refractivity contribution in [2.45, 2.75) is 0 Å². The molecule has 24 heavy (non-hydrogen) atoms. The van der Waals surface area contributed by atoms with Crippen LogP contribution in [0.15, 0.2) is 40.8 Å². The van der Waals surface area contributed by atoms with Crippen molar-refractivity contribution >= 4 is 63.3 Å². The number of rotatable bonds is 3. The molecule has 0 aliphatic rings. The molecule has 5 nitrogen and oxygen atoms in total. The van der Waals surface area contributed by atoms with Crippen LogP contribution in [0.2, 0.25) is 15.1 Å². The van der Waals surface area contributed by atoms with Crippen LogP contribution < -0.4 is 5.32 Å². The summed E-state index contributed by atoms with van der Waals surface area (Å²) in [6.45, 7) is 0. The number of anilines is 1. The van der Waals surface area contributed by atoms with Gasteiger partial charge in [0.15, 0.2) is 0 Å². The summed E-state index contributed by atoms with van der Waals surface area (Å²) in [6, 6.07) is 8.88. The summed E-state index contributed by atoms with van der Waals surface area (Å²) in [6.07, 6.45) is 0. The predicted octanol–water partition coefficient (Wildman–Crippen LogP) is 5.34. The van der Waals surface area contributed by atoms with Crippen molar-refractivity contribution in [1.82, 2.24) is 0 Å². The molecule has 0 fully saturated rings. The maximum Gasteiger partial charge on any atom is 0.371 e. The van der Waals surface area contributed by atoms with E-state index < -0.39 is 11.9 Å². The topological polar surface area (TPSA) is 79.5 Å². The van der Waals surface area contributed by atoms with Gasteiger partial charge in [-0.3, -0.25) is 4.79 Å². The molecule has 2 aromatic carbocycles. The smallest absolute Gasteiger partial charge is 0.371 e. The SMILES string of the molecule is O=C(Nc1cc(Cl)c(Cl)c(Cl)c1)c1ccc2oc(C(=O)O)cc2c1. The molecule has 3 aromatic rings. The number of carbonyl (C=O) groups excluding carboxylic acids is 1. The third kappa shape index (κ3) is 3.19. The van der Waals surface area contributed by atoms with Crippen LogP contribution in [0.25, 0.3) is 11.0 Å². The van der Waals surface area contributed by atoms with E-state index in [0.29, 0.717) is 22.2 Å². The Morgan fingerprint density at radius 1 is 1.00 bits per heavy atom. The highest BCUT2D eigenvalue weighted by atomic mass is 35.5. The molecule has 1 amide bonds. The highest BCUT2D eigenvalue weighted by Gasteiger charge is 2.14. The van der Waals surface area contributed by atoms with Gasteiger partial charge in [-0.25, -0.2) is 4.79 Å². The van der Waals surface area contributed by atoms with Gasteiger partial charge in [0.2, 0.25) is 5.76 Å². The number of furan rings is 1. The summed E-state index contributed by atoms with van der Waals surface area (Å²) in [4.78, 5) is 23.2. The maximum atomic E-state index is 12.3. The highest BCUT2D eigenvalue weighted by molar-refractivity contribution is 6.48. The fraction of sp³-hybridized carbons (Fsp3) is 0. The first-order valence-corrected chi connectivity index (χ1v) is 7.71. The Hall–Kier alpha value is -2.21. The molecule has 1 heterocycles. The Kier molecular flexibility index (Phi) is 4.41. The van der Waals surface area contributed by atoms with Crippen molar-refractivity contribution in [3.8, 4) is 0 Å². The summed E-state index contributed by atoms with van der Waals surface area (Å²) in [5.74, 6) is -1.79. The summed E-state index contributed by atoms with van der Waals surface area (Å²) in [7, 11) is 0. The van der Waals surface area contributed by atoms with Crippen LogP contribution in [-0.2, 0) is 0 Å². The maximum absolute atomic E-state index is 12.3. The van der Waals surface area contributed by atoms with E-state index >= 15 is 0 Å². The van der Waals surface area contributed by atoms with Crippen LogP contribution in [0, 0.1) is 0 Å². The lowest BCUT2D eigenvalue weighted by molar-refractivity contribution is 0.0664. The number of nitrogens with one attached hydrogen (secondary N) is 1. The van der Waals surface area contributed by atoms with Gasteiger partial charge in [-0.05, 0) is 36.4 Å². The van der Waals surface area contributed by atoms with Crippen molar-refractivity contribution in [1.29, 1.82) is 0 Å². The van der Waals surface area contributed by atoms with E-state index in [4.69, 9.17) is 44.3 Å². The van der Waals surface area contributed by atoms with Crippen LogP contribution in [-0.4, -0.2) is 17.0 Å². The summed E-state index contributed by atoms with van der Waals surface area (Å²) < 4.78 is 5.15.